The summed E-state index contributed by atoms with van der Waals surface area (Å²) in [7, 11) is 0. The predicted molar refractivity (Wildman–Crippen MR) is 70.4 cm³/mol. The first-order chi connectivity index (χ1) is 10.0. The molecule has 7 heteroatoms. The van der Waals surface area contributed by atoms with Crippen molar-refractivity contribution in [2.75, 3.05) is 0 Å². The van der Waals surface area contributed by atoms with Crippen molar-refractivity contribution in [1.29, 1.82) is 0 Å². The van der Waals surface area contributed by atoms with Gasteiger partial charge in [0.2, 0.25) is 0 Å². The molecule has 21 heavy (non-hydrogen) atoms. The molecule has 0 unspecified atom stereocenters. The Kier molecular flexibility index (Phi) is 3.25. The monoisotopic (exact) mass is 292 g/mol. The lowest BCUT2D eigenvalue weighted by molar-refractivity contribution is -0.141. The van der Waals surface area contributed by atoms with E-state index in [1.807, 2.05) is 35.4 Å². The molecule has 0 radical (unpaired) electrons. The van der Waals surface area contributed by atoms with Crippen molar-refractivity contribution in [3.05, 3.63) is 60.0 Å². The SMILES string of the molecule is FC(F)(F)c1cc(-c2nccn2Cc2ccccc2)n[nH]1. The van der Waals surface area contributed by atoms with E-state index >= 15 is 0 Å². The number of nitrogens with one attached hydrogen (secondary N) is 1. The van der Waals surface area contributed by atoms with E-state index in [-0.39, 0.29) is 5.69 Å². The summed E-state index contributed by atoms with van der Waals surface area (Å²) >= 11 is 0. The minimum Gasteiger partial charge on any atom is -0.325 e. The van der Waals surface area contributed by atoms with E-state index in [4.69, 9.17) is 0 Å². The Morgan fingerprint density at radius 1 is 1.14 bits per heavy atom. The van der Waals surface area contributed by atoms with Crippen LogP contribution in [0.2, 0.25) is 0 Å². The molecule has 0 atom stereocenters. The molecule has 0 bridgehead atoms. The molecule has 0 spiro atoms. The van der Waals surface area contributed by atoms with Crippen molar-refractivity contribution in [3.8, 4) is 11.5 Å². The Balaban J connectivity index is 1.90. The minimum absolute atomic E-state index is 0.170. The molecule has 2 heterocycles. The number of aromatic nitrogens is 4. The zero-order valence-corrected chi connectivity index (χ0v) is 10.8. The molecule has 0 saturated carbocycles. The highest BCUT2D eigenvalue weighted by molar-refractivity contribution is 5.50. The molecular weight excluding hydrogens is 281 g/mol. The van der Waals surface area contributed by atoms with Gasteiger partial charge in [-0.2, -0.15) is 18.3 Å². The van der Waals surface area contributed by atoms with E-state index in [0.717, 1.165) is 11.6 Å². The van der Waals surface area contributed by atoms with Gasteiger partial charge < -0.3 is 4.57 Å². The lowest BCUT2D eigenvalue weighted by Gasteiger charge is -2.06. The standard InChI is InChI=1S/C14H11F3N4/c15-14(16,17)12-8-11(19-20-12)13-18-6-7-21(13)9-10-4-2-1-3-5-10/h1-8H,9H2,(H,19,20). The van der Waals surface area contributed by atoms with Crippen molar-refractivity contribution in [3.63, 3.8) is 0 Å². The topological polar surface area (TPSA) is 46.5 Å². The summed E-state index contributed by atoms with van der Waals surface area (Å²) < 4.78 is 39.5. The molecule has 1 aromatic carbocycles. The summed E-state index contributed by atoms with van der Waals surface area (Å²) in [5, 5.41) is 5.70. The van der Waals surface area contributed by atoms with Gasteiger partial charge in [0.05, 0.1) is 0 Å². The number of halogens is 3. The molecule has 0 aliphatic rings. The van der Waals surface area contributed by atoms with Gasteiger partial charge in [-0.1, -0.05) is 30.3 Å². The van der Waals surface area contributed by atoms with Crippen LogP contribution in [0, 0.1) is 0 Å². The highest BCUT2D eigenvalue weighted by atomic mass is 19.4. The van der Waals surface area contributed by atoms with Crippen molar-refractivity contribution in [1.82, 2.24) is 19.7 Å². The zero-order valence-electron chi connectivity index (χ0n) is 10.8. The first-order valence-corrected chi connectivity index (χ1v) is 6.22. The van der Waals surface area contributed by atoms with Crippen molar-refractivity contribution < 1.29 is 13.2 Å². The van der Waals surface area contributed by atoms with Crippen LogP contribution in [0.3, 0.4) is 0 Å². The summed E-state index contributed by atoms with van der Waals surface area (Å²) in [6.45, 7) is 0.518. The molecule has 4 nitrogen and oxygen atoms in total. The number of benzene rings is 1. The van der Waals surface area contributed by atoms with Crippen molar-refractivity contribution >= 4 is 0 Å². The lowest BCUT2D eigenvalue weighted by Crippen LogP contribution is -2.04. The number of aromatic amines is 1. The van der Waals surface area contributed by atoms with Crippen LogP contribution in [0.15, 0.2) is 48.8 Å². The van der Waals surface area contributed by atoms with Gasteiger partial charge in [-0.05, 0) is 11.6 Å². The fourth-order valence-corrected chi connectivity index (χ4v) is 2.03. The lowest BCUT2D eigenvalue weighted by atomic mass is 10.2. The van der Waals surface area contributed by atoms with Crippen LogP contribution >= 0.6 is 0 Å². The number of alkyl halides is 3. The number of hydrogen-bond acceptors (Lipinski definition) is 2. The maximum Gasteiger partial charge on any atom is 0.432 e. The molecule has 0 saturated heterocycles. The number of hydrogen-bond donors (Lipinski definition) is 1. The minimum atomic E-state index is -4.44. The van der Waals surface area contributed by atoms with Crippen LogP contribution in [0.1, 0.15) is 11.3 Å². The third-order valence-electron chi connectivity index (χ3n) is 3.02. The van der Waals surface area contributed by atoms with Gasteiger partial charge in [-0.15, -0.1) is 0 Å². The number of H-pyrrole nitrogens is 1. The smallest absolute Gasteiger partial charge is 0.325 e. The summed E-state index contributed by atoms with van der Waals surface area (Å²) in [6.07, 6.45) is -1.19. The first kappa shape index (κ1) is 13.4. The number of imidazole rings is 1. The predicted octanol–water partition coefficient (Wildman–Crippen LogP) is 3.34. The number of rotatable bonds is 3. The average molecular weight is 292 g/mol. The van der Waals surface area contributed by atoms with E-state index < -0.39 is 11.9 Å². The van der Waals surface area contributed by atoms with Crippen LogP contribution in [0.5, 0.6) is 0 Å². The van der Waals surface area contributed by atoms with Gasteiger partial charge in [0.1, 0.15) is 11.4 Å². The van der Waals surface area contributed by atoms with Crippen LogP contribution < -0.4 is 0 Å². The van der Waals surface area contributed by atoms with Crippen LogP contribution in [0.4, 0.5) is 13.2 Å². The maximum absolute atomic E-state index is 12.6. The third-order valence-corrected chi connectivity index (χ3v) is 3.02. The van der Waals surface area contributed by atoms with E-state index in [2.05, 4.69) is 10.1 Å². The maximum atomic E-state index is 12.6. The van der Waals surface area contributed by atoms with Gasteiger partial charge in [0.15, 0.2) is 5.82 Å². The fourth-order valence-electron chi connectivity index (χ4n) is 2.03. The second-order valence-corrected chi connectivity index (χ2v) is 4.53. The van der Waals surface area contributed by atoms with Crippen LogP contribution in [-0.2, 0) is 12.7 Å². The second-order valence-electron chi connectivity index (χ2n) is 4.53. The Hall–Kier alpha value is -2.57. The molecule has 3 rings (SSSR count). The summed E-state index contributed by atoms with van der Waals surface area (Å²) in [6, 6.07) is 10.6. The summed E-state index contributed by atoms with van der Waals surface area (Å²) in [5.41, 5.74) is 0.318. The fraction of sp³-hybridized carbons (Fsp3) is 0.143. The Bertz CT molecular complexity index is 728. The molecule has 0 aliphatic carbocycles. The van der Waals surface area contributed by atoms with Gasteiger partial charge in [-0.3, -0.25) is 5.10 Å². The molecule has 108 valence electrons. The molecule has 3 aromatic rings. The Morgan fingerprint density at radius 2 is 1.90 bits per heavy atom. The number of nitrogens with zero attached hydrogens (tertiary/aromatic N) is 3. The largest absolute Gasteiger partial charge is 0.432 e. The molecule has 0 amide bonds. The third kappa shape index (κ3) is 2.81. The average Bonchev–Trinajstić information content (AvgIpc) is 3.07. The van der Waals surface area contributed by atoms with Crippen LogP contribution in [0.25, 0.3) is 11.5 Å². The van der Waals surface area contributed by atoms with E-state index in [1.165, 1.54) is 0 Å². The second kappa shape index (κ2) is 5.08. The van der Waals surface area contributed by atoms with E-state index in [9.17, 15) is 13.2 Å². The molecular formula is C14H11F3N4. The van der Waals surface area contributed by atoms with Gasteiger partial charge >= 0.3 is 6.18 Å². The first-order valence-electron chi connectivity index (χ1n) is 6.22. The van der Waals surface area contributed by atoms with Crippen molar-refractivity contribution in [2.45, 2.75) is 12.7 Å². The Morgan fingerprint density at radius 3 is 2.57 bits per heavy atom. The molecule has 0 fully saturated rings. The van der Waals surface area contributed by atoms with E-state index in [1.54, 1.807) is 17.0 Å². The zero-order chi connectivity index (χ0) is 14.9. The normalized spacial score (nSPS) is 11.8. The highest BCUT2D eigenvalue weighted by Gasteiger charge is 2.33. The summed E-state index contributed by atoms with van der Waals surface area (Å²) in [5.74, 6) is 0.394. The van der Waals surface area contributed by atoms with Gasteiger partial charge in [0.25, 0.3) is 0 Å². The van der Waals surface area contributed by atoms with Gasteiger partial charge in [0, 0.05) is 18.9 Å². The quantitative estimate of drug-likeness (QED) is 0.804. The molecule has 1 N–H and O–H groups in total. The summed E-state index contributed by atoms with van der Waals surface area (Å²) in [4.78, 5) is 4.09. The molecule has 0 aliphatic heterocycles. The Labute approximate surface area is 118 Å². The highest BCUT2D eigenvalue weighted by Crippen LogP contribution is 2.29. The van der Waals surface area contributed by atoms with Gasteiger partial charge in [-0.25, -0.2) is 4.98 Å². The van der Waals surface area contributed by atoms with Crippen molar-refractivity contribution in [2.24, 2.45) is 0 Å². The van der Waals surface area contributed by atoms with E-state index in [0.29, 0.717) is 12.4 Å². The van der Waals surface area contributed by atoms with Crippen LogP contribution in [-0.4, -0.2) is 19.7 Å². The molecule has 2 aromatic heterocycles.